The van der Waals surface area contributed by atoms with Crippen molar-refractivity contribution in [3.63, 3.8) is 0 Å². The van der Waals surface area contributed by atoms with Gasteiger partial charge in [0.2, 0.25) is 0 Å². The van der Waals surface area contributed by atoms with Gasteiger partial charge in [0, 0.05) is 24.2 Å². The van der Waals surface area contributed by atoms with Gasteiger partial charge in [0.1, 0.15) is 0 Å². The van der Waals surface area contributed by atoms with Crippen LogP contribution >= 0.6 is 0 Å². The van der Waals surface area contributed by atoms with Crippen molar-refractivity contribution in [1.29, 1.82) is 0 Å². The zero-order valence-corrected chi connectivity index (χ0v) is 18.4. The molecule has 4 N–H and O–H groups in total. The van der Waals surface area contributed by atoms with E-state index in [1.165, 1.54) is 11.1 Å². The molecule has 2 aromatic carbocycles. The Morgan fingerprint density at radius 1 is 0.633 bits per heavy atom. The first-order valence-electron chi connectivity index (χ1n) is 11.5. The molecular weight excluding hydrogens is 372 g/mol. The Hall–Kier alpha value is -1.72. The van der Waals surface area contributed by atoms with Crippen LogP contribution in [0, 0.1) is 0 Å². The standard InChI is InChI=1S/2C13H19NO/c2*1-10(11-6-3-2-4-7-11)14-12-8-5-9-13(12)15/h2*2-4,6-7,10,12-15H,5,8-9H2,1H3/t10-,12+,13+;10-,12+,13-/m11/s1. The summed E-state index contributed by atoms with van der Waals surface area (Å²) in [4.78, 5) is 0. The second kappa shape index (κ2) is 11.6. The fraction of sp³-hybridized carbons (Fsp3) is 0.538. The predicted octanol–water partition coefficient (Wildman–Crippen LogP) is 4.50. The van der Waals surface area contributed by atoms with E-state index in [9.17, 15) is 10.2 Å². The van der Waals surface area contributed by atoms with Gasteiger partial charge in [0.15, 0.2) is 0 Å². The van der Waals surface area contributed by atoms with Crippen LogP contribution in [0.5, 0.6) is 0 Å². The van der Waals surface area contributed by atoms with Crippen LogP contribution in [0.2, 0.25) is 0 Å². The molecule has 2 fully saturated rings. The Labute approximate surface area is 181 Å². The number of benzene rings is 2. The molecule has 6 atom stereocenters. The highest BCUT2D eigenvalue weighted by Gasteiger charge is 2.27. The highest BCUT2D eigenvalue weighted by molar-refractivity contribution is 5.19. The maximum Gasteiger partial charge on any atom is 0.0693 e. The van der Waals surface area contributed by atoms with Crippen LogP contribution in [-0.4, -0.2) is 34.5 Å². The Kier molecular flexibility index (Phi) is 8.88. The van der Waals surface area contributed by atoms with Gasteiger partial charge in [-0.3, -0.25) is 0 Å². The number of rotatable bonds is 6. The van der Waals surface area contributed by atoms with E-state index >= 15 is 0 Å². The molecule has 0 aromatic heterocycles. The van der Waals surface area contributed by atoms with Gasteiger partial charge in [-0.25, -0.2) is 0 Å². The second-order valence-corrected chi connectivity index (χ2v) is 8.81. The lowest BCUT2D eigenvalue weighted by Gasteiger charge is -2.22. The molecule has 164 valence electrons. The van der Waals surface area contributed by atoms with Crippen LogP contribution in [0.1, 0.15) is 75.6 Å². The summed E-state index contributed by atoms with van der Waals surface area (Å²) in [6.45, 7) is 4.31. The molecule has 0 aliphatic heterocycles. The summed E-state index contributed by atoms with van der Waals surface area (Å²) in [5, 5.41) is 26.4. The number of aliphatic hydroxyl groups excluding tert-OH is 2. The quantitative estimate of drug-likeness (QED) is 0.566. The monoisotopic (exact) mass is 410 g/mol. The Morgan fingerprint density at radius 3 is 1.30 bits per heavy atom. The van der Waals surface area contributed by atoms with Gasteiger partial charge < -0.3 is 20.8 Å². The first-order chi connectivity index (χ1) is 14.5. The maximum absolute atomic E-state index is 9.72. The molecule has 4 heteroatoms. The highest BCUT2D eigenvalue weighted by atomic mass is 16.3. The summed E-state index contributed by atoms with van der Waals surface area (Å²) in [5.41, 5.74) is 2.58. The van der Waals surface area contributed by atoms with E-state index in [2.05, 4.69) is 73.0 Å². The minimum absolute atomic E-state index is 0.156. The molecule has 0 bridgehead atoms. The average Bonchev–Trinajstić information content (AvgIpc) is 3.37. The Morgan fingerprint density at radius 2 is 1.00 bits per heavy atom. The minimum atomic E-state index is -0.156. The Bertz CT molecular complexity index is 661. The van der Waals surface area contributed by atoms with E-state index in [4.69, 9.17) is 0 Å². The molecule has 2 aliphatic rings. The van der Waals surface area contributed by atoms with Crippen molar-refractivity contribution in [3.05, 3.63) is 71.8 Å². The molecule has 0 unspecified atom stereocenters. The van der Waals surface area contributed by atoms with Gasteiger partial charge in [-0.1, -0.05) is 60.7 Å². The van der Waals surface area contributed by atoms with Crippen molar-refractivity contribution in [2.24, 2.45) is 0 Å². The van der Waals surface area contributed by atoms with Crippen molar-refractivity contribution in [1.82, 2.24) is 10.6 Å². The molecule has 0 spiro atoms. The first-order valence-corrected chi connectivity index (χ1v) is 11.5. The summed E-state index contributed by atoms with van der Waals surface area (Å²) in [5.74, 6) is 0. The number of hydrogen-bond donors (Lipinski definition) is 4. The van der Waals surface area contributed by atoms with E-state index in [1.54, 1.807) is 0 Å². The van der Waals surface area contributed by atoms with Crippen LogP contribution in [0.3, 0.4) is 0 Å². The lowest BCUT2D eigenvalue weighted by molar-refractivity contribution is 0.144. The third kappa shape index (κ3) is 6.64. The fourth-order valence-electron chi connectivity index (χ4n) is 4.59. The van der Waals surface area contributed by atoms with Gasteiger partial charge in [-0.05, 0) is 63.5 Å². The van der Waals surface area contributed by atoms with E-state index in [0.29, 0.717) is 12.1 Å². The second-order valence-electron chi connectivity index (χ2n) is 8.81. The summed E-state index contributed by atoms with van der Waals surface area (Å²) in [7, 11) is 0. The number of nitrogens with one attached hydrogen (secondary N) is 2. The van der Waals surface area contributed by atoms with Gasteiger partial charge in [0.05, 0.1) is 12.2 Å². The molecule has 0 heterocycles. The SMILES string of the molecule is C[C@@H](N[C@H]1CCC[C@@H]1O)c1ccccc1.C[C@@H](N[C@H]1CCC[C@H]1O)c1ccccc1. The topological polar surface area (TPSA) is 64.5 Å². The zero-order valence-electron chi connectivity index (χ0n) is 18.4. The molecule has 2 aliphatic carbocycles. The highest BCUT2D eigenvalue weighted by Crippen LogP contribution is 2.23. The van der Waals surface area contributed by atoms with Gasteiger partial charge in [-0.15, -0.1) is 0 Å². The first kappa shape index (κ1) is 23.0. The van der Waals surface area contributed by atoms with Crippen molar-refractivity contribution in [2.45, 2.75) is 88.7 Å². The maximum atomic E-state index is 9.72. The van der Waals surface area contributed by atoms with E-state index in [1.807, 2.05) is 12.1 Å². The molecule has 30 heavy (non-hydrogen) atoms. The molecular formula is C26H38N2O2. The lowest BCUT2D eigenvalue weighted by Crippen LogP contribution is -2.37. The van der Waals surface area contributed by atoms with Gasteiger partial charge in [0.25, 0.3) is 0 Å². The molecule has 0 saturated heterocycles. The summed E-state index contributed by atoms with van der Waals surface area (Å²) in [6, 6.07) is 22.0. The Balaban J connectivity index is 0.000000171. The minimum Gasteiger partial charge on any atom is -0.392 e. The summed E-state index contributed by atoms with van der Waals surface area (Å²) >= 11 is 0. The summed E-state index contributed by atoms with van der Waals surface area (Å²) < 4.78 is 0. The largest absolute Gasteiger partial charge is 0.392 e. The molecule has 2 aromatic rings. The predicted molar refractivity (Wildman–Crippen MR) is 123 cm³/mol. The van der Waals surface area contributed by atoms with E-state index in [0.717, 1.165) is 38.5 Å². The smallest absolute Gasteiger partial charge is 0.0693 e. The van der Waals surface area contributed by atoms with Crippen LogP contribution in [-0.2, 0) is 0 Å². The van der Waals surface area contributed by atoms with Crippen molar-refractivity contribution in [2.75, 3.05) is 0 Å². The van der Waals surface area contributed by atoms with E-state index in [-0.39, 0.29) is 24.3 Å². The average molecular weight is 411 g/mol. The molecule has 4 nitrogen and oxygen atoms in total. The molecule has 0 radical (unpaired) electrons. The van der Waals surface area contributed by atoms with Gasteiger partial charge >= 0.3 is 0 Å². The zero-order chi connectivity index (χ0) is 21.3. The van der Waals surface area contributed by atoms with Gasteiger partial charge in [-0.2, -0.15) is 0 Å². The lowest BCUT2D eigenvalue weighted by atomic mass is 10.1. The normalized spacial score (nSPS) is 27.9. The molecule has 0 amide bonds. The third-order valence-corrected chi connectivity index (χ3v) is 6.49. The molecule has 4 rings (SSSR count). The van der Waals surface area contributed by atoms with Crippen molar-refractivity contribution in [3.8, 4) is 0 Å². The summed E-state index contributed by atoms with van der Waals surface area (Å²) in [6.07, 6.45) is 6.04. The van der Waals surface area contributed by atoms with Crippen LogP contribution in [0.15, 0.2) is 60.7 Å². The number of hydrogen-bond acceptors (Lipinski definition) is 4. The molecule has 2 saturated carbocycles. The fourth-order valence-corrected chi connectivity index (χ4v) is 4.59. The third-order valence-electron chi connectivity index (χ3n) is 6.49. The van der Waals surface area contributed by atoms with Crippen LogP contribution in [0.4, 0.5) is 0 Å². The van der Waals surface area contributed by atoms with Crippen LogP contribution in [0.25, 0.3) is 0 Å². The number of aliphatic hydroxyl groups is 2. The van der Waals surface area contributed by atoms with Crippen LogP contribution < -0.4 is 10.6 Å². The van der Waals surface area contributed by atoms with E-state index < -0.39 is 0 Å². The van der Waals surface area contributed by atoms with Crippen molar-refractivity contribution >= 4 is 0 Å². The van der Waals surface area contributed by atoms with Crippen molar-refractivity contribution < 1.29 is 10.2 Å².